The molecule has 1 aromatic carbocycles. The van der Waals surface area contributed by atoms with Crippen LogP contribution in [0, 0.1) is 0 Å². The van der Waals surface area contributed by atoms with Crippen LogP contribution < -0.4 is 5.32 Å². The number of para-hydroxylation sites is 1. The number of hydrogen-bond donors (Lipinski definition) is 1. The maximum atomic E-state index is 3.21. The van der Waals surface area contributed by atoms with Crippen LogP contribution in [-0.2, 0) is 0 Å². The molecule has 0 fully saturated rings. The lowest BCUT2D eigenvalue weighted by molar-refractivity contribution is 1.49. The molecule has 0 amide bonds. The number of rotatable bonds is 0. The maximum Gasteiger partial charge on any atom is 0.0459 e. The monoisotopic (exact) mass is 157 g/mol. The summed E-state index contributed by atoms with van der Waals surface area (Å²) in [6.45, 7) is 2.06. The second kappa shape index (κ2) is 2.86. The molecule has 2 rings (SSSR count). The van der Waals surface area contributed by atoms with Gasteiger partial charge >= 0.3 is 0 Å². The van der Waals surface area contributed by atoms with Crippen molar-refractivity contribution in [2.75, 3.05) is 5.32 Å². The molecule has 1 heterocycles. The van der Waals surface area contributed by atoms with E-state index in [1.807, 2.05) is 12.3 Å². The van der Waals surface area contributed by atoms with Crippen LogP contribution in [0.25, 0.3) is 5.57 Å². The Labute approximate surface area is 72.4 Å². The molecule has 1 aliphatic rings. The van der Waals surface area contributed by atoms with Crippen LogP contribution >= 0.6 is 0 Å². The lowest BCUT2D eigenvalue weighted by Gasteiger charge is -2.14. The van der Waals surface area contributed by atoms with E-state index in [9.17, 15) is 0 Å². The topological polar surface area (TPSA) is 12.0 Å². The number of anilines is 1. The number of nitrogens with one attached hydrogen (secondary N) is 1. The van der Waals surface area contributed by atoms with Crippen LogP contribution in [0.1, 0.15) is 12.5 Å². The summed E-state index contributed by atoms with van der Waals surface area (Å²) < 4.78 is 0. The van der Waals surface area contributed by atoms with E-state index in [-0.39, 0.29) is 0 Å². The SMILES string of the molecule is C/C=C1/C=CNc2ccccc21. The Morgan fingerprint density at radius 2 is 2.08 bits per heavy atom. The summed E-state index contributed by atoms with van der Waals surface area (Å²) in [6.07, 6.45) is 6.18. The van der Waals surface area contributed by atoms with Gasteiger partial charge in [0.1, 0.15) is 0 Å². The smallest absolute Gasteiger partial charge is 0.0459 e. The number of fused-ring (bicyclic) bond motifs is 1. The zero-order valence-electron chi connectivity index (χ0n) is 7.04. The fourth-order valence-corrected chi connectivity index (χ4v) is 1.42. The van der Waals surface area contributed by atoms with Gasteiger partial charge in [0.15, 0.2) is 0 Å². The highest BCUT2D eigenvalue weighted by atomic mass is 14.8. The van der Waals surface area contributed by atoms with Gasteiger partial charge in [-0.05, 0) is 24.6 Å². The first-order valence-electron chi connectivity index (χ1n) is 4.10. The normalized spacial score (nSPS) is 17.2. The van der Waals surface area contributed by atoms with Crippen LogP contribution in [0.3, 0.4) is 0 Å². The highest BCUT2D eigenvalue weighted by Crippen LogP contribution is 2.27. The Morgan fingerprint density at radius 3 is 2.92 bits per heavy atom. The molecule has 1 N–H and O–H groups in total. The van der Waals surface area contributed by atoms with Gasteiger partial charge in [-0.1, -0.05) is 24.3 Å². The molecule has 1 nitrogen and oxygen atoms in total. The predicted octanol–water partition coefficient (Wildman–Crippen LogP) is 3.03. The summed E-state index contributed by atoms with van der Waals surface area (Å²) >= 11 is 0. The lowest BCUT2D eigenvalue weighted by Crippen LogP contribution is -1.98. The molecule has 0 aliphatic carbocycles. The van der Waals surface area contributed by atoms with Crippen LogP contribution in [0.5, 0.6) is 0 Å². The van der Waals surface area contributed by atoms with Gasteiger partial charge in [0.2, 0.25) is 0 Å². The van der Waals surface area contributed by atoms with E-state index in [1.165, 1.54) is 16.8 Å². The summed E-state index contributed by atoms with van der Waals surface area (Å²) in [5.41, 5.74) is 3.75. The molecule has 60 valence electrons. The van der Waals surface area contributed by atoms with Crippen molar-refractivity contribution in [3.63, 3.8) is 0 Å². The Hall–Kier alpha value is -1.50. The summed E-state index contributed by atoms with van der Waals surface area (Å²) in [7, 11) is 0. The first-order valence-corrected chi connectivity index (χ1v) is 4.10. The minimum atomic E-state index is 1.19. The summed E-state index contributed by atoms with van der Waals surface area (Å²) in [5, 5.41) is 3.21. The molecule has 0 unspecified atom stereocenters. The Morgan fingerprint density at radius 1 is 1.25 bits per heavy atom. The minimum absolute atomic E-state index is 1.19. The van der Waals surface area contributed by atoms with Gasteiger partial charge in [0, 0.05) is 17.5 Å². The minimum Gasteiger partial charge on any atom is -0.361 e. The van der Waals surface area contributed by atoms with Crippen molar-refractivity contribution in [3.8, 4) is 0 Å². The third-order valence-corrected chi connectivity index (χ3v) is 2.05. The molecular weight excluding hydrogens is 146 g/mol. The molecular formula is C11H11N. The largest absolute Gasteiger partial charge is 0.361 e. The van der Waals surface area contributed by atoms with E-state index >= 15 is 0 Å². The van der Waals surface area contributed by atoms with E-state index in [2.05, 4.69) is 42.6 Å². The highest BCUT2D eigenvalue weighted by Gasteiger charge is 2.05. The molecule has 0 saturated heterocycles. The molecule has 0 spiro atoms. The van der Waals surface area contributed by atoms with E-state index in [4.69, 9.17) is 0 Å². The third kappa shape index (κ3) is 1.03. The van der Waals surface area contributed by atoms with Crippen molar-refractivity contribution >= 4 is 11.3 Å². The van der Waals surface area contributed by atoms with E-state index in [0.29, 0.717) is 0 Å². The Bertz CT molecular complexity index is 348. The highest BCUT2D eigenvalue weighted by molar-refractivity contribution is 5.85. The molecule has 1 heteroatoms. The van der Waals surface area contributed by atoms with Gasteiger partial charge < -0.3 is 5.32 Å². The Kier molecular flexibility index (Phi) is 1.71. The molecule has 0 radical (unpaired) electrons. The Balaban J connectivity index is 2.58. The zero-order valence-corrected chi connectivity index (χ0v) is 7.04. The second-order valence-corrected chi connectivity index (χ2v) is 2.77. The first-order chi connectivity index (χ1) is 5.92. The van der Waals surface area contributed by atoms with Crippen molar-refractivity contribution in [1.82, 2.24) is 0 Å². The maximum absolute atomic E-state index is 3.21. The van der Waals surface area contributed by atoms with Gasteiger partial charge in [-0.15, -0.1) is 0 Å². The zero-order chi connectivity index (χ0) is 8.39. The van der Waals surface area contributed by atoms with Crippen LogP contribution in [0.2, 0.25) is 0 Å². The predicted molar refractivity (Wildman–Crippen MR) is 52.9 cm³/mol. The van der Waals surface area contributed by atoms with Gasteiger partial charge in [-0.2, -0.15) is 0 Å². The number of hydrogen-bond acceptors (Lipinski definition) is 1. The van der Waals surface area contributed by atoms with Crippen molar-refractivity contribution in [1.29, 1.82) is 0 Å². The molecule has 1 aliphatic heterocycles. The molecule has 12 heavy (non-hydrogen) atoms. The van der Waals surface area contributed by atoms with Gasteiger partial charge in [-0.3, -0.25) is 0 Å². The van der Waals surface area contributed by atoms with Crippen molar-refractivity contribution in [2.24, 2.45) is 0 Å². The van der Waals surface area contributed by atoms with Crippen molar-refractivity contribution in [2.45, 2.75) is 6.92 Å². The van der Waals surface area contributed by atoms with Crippen molar-refractivity contribution < 1.29 is 0 Å². The van der Waals surface area contributed by atoms with Gasteiger partial charge in [0.25, 0.3) is 0 Å². The second-order valence-electron chi connectivity index (χ2n) is 2.77. The van der Waals surface area contributed by atoms with Gasteiger partial charge in [0.05, 0.1) is 0 Å². The van der Waals surface area contributed by atoms with Gasteiger partial charge in [-0.25, -0.2) is 0 Å². The lowest BCUT2D eigenvalue weighted by atomic mass is 10.0. The molecule has 1 aromatic rings. The molecule has 0 saturated carbocycles. The molecule has 0 bridgehead atoms. The van der Waals surface area contributed by atoms with E-state index in [0.717, 1.165) is 0 Å². The average Bonchev–Trinajstić information content (AvgIpc) is 2.17. The third-order valence-electron chi connectivity index (χ3n) is 2.05. The standard InChI is InChI=1S/C11H11N/c1-2-9-7-8-12-11-6-4-3-5-10(9)11/h2-8,12H,1H3/b9-2-. The summed E-state index contributed by atoms with van der Waals surface area (Å²) in [5.74, 6) is 0. The number of benzene rings is 1. The molecule has 0 aromatic heterocycles. The van der Waals surface area contributed by atoms with Crippen molar-refractivity contribution in [3.05, 3.63) is 48.2 Å². The average molecular weight is 157 g/mol. The first kappa shape index (κ1) is 7.17. The number of allylic oxidation sites excluding steroid dienone is 3. The van der Waals surface area contributed by atoms with E-state index < -0.39 is 0 Å². The fraction of sp³-hybridized carbons (Fsp3) is 0.0909. The van der Waals surface area contributed by atoms with Crippen LogP contribution in [0.4, 0.5) is 5.69 Å². The quantitative estimate of drug-likeness (QED) is 0.610. The molecule has 0 atom stereocenters. The van der Waals surface area contributed by atoms with Crippen LogP contribution in [-0.4, -0.2) is 0 Å². The van der Waals surface area contributed by atoms with E-state index in [1.54, 1.807) is 0 Å². The van der Waals surface area contributed by atoms with Crippen LogP contribution in [0.15, 0.2) is 42.6 Å². The summed E-state index contributed by atoms with van der Waals surface area (Å²) in [4.78, 5) is 0. The summed E-state index contributed by atoms with van der Waals surface area (Å²) in [6, 6.07) is 8.31. The fourth-order valence-electron chi connectivity index (χ4n) is 1.42.